The van der Waals surface area contributed by atoms with Gasteiger partial charge in [-0.1, -0.05) is 0 Å². The second-order valence-electron chi connectivity index (χ2n) is 6.52. The number of pyridine rings is 1. The summed E-state index contributed by atoms with van der Waals surface area (Å²) >= 11 is -0.234. The number of carbonyl (C=O) groups is 2. The summed E-state index contributed by atoms with van der Waals surface area (Å²) in [4.78, 5) is 33.2. The molecule has 0 amide bonds. The fraction of sp³-hybridized carbons (Fsp3) is 0.300. The highest BCUT2D eigenvalue weighted by Crippen LogP contribution is 2.38. The predicted molar refractivity (Wildman–Crippen MR) is 107 cm³/mol. The number of rotatable bonds is 5. The lowest BCUT2D eigenvalue weighted by Crippen LogP contribution is -2.13. The van der Waals surface area contributed by atoms with E-state index in [1.165, 1.54) is 31.2 Å². The average Bonchev–Trinajstić information content (AvgIpc) is 2.96. The molecule has 0 N–H and O–H groups in total. The van der Waals surface area contributed by atoms with Gasteiger partial charge in [0.05, 0.1) is 23.2 Å². The highest BCUT2D eigenvalue weighted by atomic mass is 32.2. The van der Waals surface area contributed by atoms with Crippen LogP contribution in [0.4, 0.5) is 13.2 Å². The SMILES string of the molecule is CCOC(=O)c1cc(C)c(C(C)=O)nc1-c1nc2cc(SC(F)(F)F)ccc2n1C. The normalized spacial score (nSPS) is 11.7. The number of benzene rings is 1. The van der Waals surface area contributed by atoms with Crippen LogP contribution in [0, 0.1) is 6.92 Å². The van der Waals surface area contributed by atoms with Gasteiger partial charge in [0, 0.05) is 18.9 Å². The number of fused-ring (bicyclic) bond motifs is 1. The van der Waals surface area contributed by atoms with E-state index in [4.69, 9.17) is 4.74 Å². The lowest BCUT2D eigenvalue weighted by atomic mass is 10.1. The Morgan fingerprint density at radius 3 is 2.50 bits per heavy atom. The second kappa shape index (κ2) is 8.10. The Hall–Kier alpha value is -2.88. The van der Waals surface area contributed by atoms with Gasteiger partial charge >= 0.3 is 11.5 Å². The Bertz CT molecular complexity index is 1160. The third-order valence-electron chi connectivity index (χ3n) is 4.34. The van der Waals surface area contributed by atoms with E-state index in [0.717, 1.165) is 0 Å². The Morgan fingerprint density at radius 1 is 1.20 bits per heavy atom. The van der Waals surface area contributed by atoms with Crippen LogP contribution in [0.2, 0.25) is 0 Å². The number of ether oxygens (including phenoxy) is 1. The van der Waals surface area contributed by atoms with Gasteiger partial charge in [-0.3, -0.25) is 4.79 Å². The standard InChI is InChI=1S/C20H18F3N3O3S/c1-5-29-19(28)13-8-10(2)16(11(3)27)25-17(13)18-24-14-9-12(30-20(21,22)23)6-7-15(14)26(18)4/h6-9H,5H2,1-4H3. The molecule has 0 fully saturated rings. The third kappa shape index (κ3) is 4.33. The Morgan fingerprint density at radius 2 is 1.90 bits per heavy atom. The van der Waals surface area contributed by atoms with E-state index >= 15 is 0 Å². The summed E-state index contributed by atoms with van der Waals surface area (Å²) in [5.74, 6) is -0.671. The van der Waals surface area contributed by atoms with Crippen molar-refractivity contribution in [1.29, 1.82) is 0 Å². The van der Waals surface area contributed by atoms with Gasteiger partial charge in [0.2, 0.25) is 0 Å². The highest BCUT2D eigenvalue weighted by Gasteiger charge is 2.30. The van der Waals surface area contributed by atoms with Crippen LogP contribution in [0.1, 0.15) is 40.3 Å². The van der Waals surface area contributed by atoms with Crippen molar-refractivity contribution in [3.05, 3.63) is 41.1 Å². The Balaban J connectivity index is 2.22. The number of imidazole rings is 1. The van der Waals surface area contributed by atoms with Crippen LogP contribution < -0.4 is 0 Å². The van der Waals surface area contributed by atoms with Crippen molar-refractivity contribution in [3.8, 4) is 11.5 Å². The van der Waals surface area contributed by atoms with Gasteiger partial charge in [-0.15, -0.1) is 0 Å². The zero-order chi connectivity index (χ0) is 22.2. The molecule has 0 aliphatic rings. The zero-order valence-corrected chi connectivity index (χ0v) is 17.4. The number of hydrogen-bond acceptors (Lipinski definition) is 6. The van der Waals surface area contributed by atoms with Crippen molar-refractivity contribution in [1.82, 2.24) is 14.5 Å². The number of hydrogen-bond donors (Lipinski definition) is 0. The lowest BCUT2D eigenvalue weighted by molar-refractivity contribution is -0.0328. The van der Waals surface area contributed by atoms with E-state index in [-0.39, 0.29) is 51.8 Å². The minimum absolute atomic E-state index is 0.00782. The van der Waals surface area contributed by atoms with Crippen LogP contribution in [0.15, 0.2) is 29.2 Å². The molecule has 3 rings (SSSR count). The summed E-state index contributed by atoms with van der Waals surface area (Å²) in [6.45, 7) is 4.83. The molecule has 10 heteroatoms. The zero-order valence-electron chi connectivity index (χ0n) is 16.6. The number of carbonyl (C=O) groups excluding carboxylic acids is 2. The van der Waals surface area contributed by atoms with Crippen molar-refractivity contribution in [2.75, 3.05) is 6.61 Å². The molecule has 0 aliphatic carbocycles. The number of halogens is 3. The molecule has 3 aromatic rings. The maximum Gasteiger partial charge on any atom is 0.446 e. The average molecular weight is 437 g/mol. The van der Waals surface area contributed by atoms with Crippen LogP contribution >= 0.6 is 11.8 Å². The number of esters is 1. The number of aromatic nitrogens is 3. The van der Waals surface area contributed by atoms with E-state index in [0.29, 0.717) is 16.6 Å². The molecule has 0 bridgehead atoms. The van der Waals surface area contributed by atoms with Crippen molar-refractivity contribution >= 4 is 34.5 Å². The van der Waals surface area contributed by atoms with E-state index in [1.807, 2.05) is 0 Å². The molecular weight excluding hydrogens is 419 g/mol. The predicted octanol–water partition coefficient (Wildman–Crippen LogP) is 4.93. The third-order valence-corrected chi connectivity index (χ3v) is 5.06. The number of thioether (sulfide) groups is 1. The monoisotopic (exact) mass is 437 g/mol. The van der Waals surface area contributed by atoms with E-state index in [1.54, 1.807) is 25.5 Å². The number of ketones is 1. The first-order chi connectivity index (χ1) is 14.0. The van der Waals surface area contributed by atoms with Gasteiger partial charge in [-0.05, 0) is 55.4 Å². The summed E-state index contributed by atoms with van der Waals surface area (Å²) in [6, 6.07) is 5.70. The first kappa shape index (κ1) is 21.8. The molecule has 0 radical (unpaired) electrons. The number of aryl methyl sites for hydroxylation is 2. The molecule has 2 aromatic heterocycles. The van der Waals surface area contributed by atoms with Crippen LogP contribution in [-0.2, 0) is 11.8 Å². The summed E-state index contributed by atoms with van der Waals surface area (Å²) < 4.78 is 44.8. The molecular formula is C20H18F3N3O3S. The minimum atomic E-state index is -4.42. The fourth-order valence-electron chi connectivity index (χ4n) is 3.09. The Kier molecular flexibility index (Phi) is 5.89. The van der Waals surface area contributed by atoms with Crippen LogP contribution in [0.3, 0.4) is 0 Å². The number of alkyl halides is 3. The molecule has 1 aromatic carbocycles. The molecule has 6 nitrogen and oxygen atoms in total. The van der Waals surface area contributed by atoms with Gasteiger partial charge in [0.25, 0.3) is 0 Å². The number of Topliss-reactive ketones (excluding diaryl/α,β-unsaturated/α-hetero) is 1. The van der Waals surface area contributed by atoms with Crippen LogP contribution in [0.5, 0.6) is 0 Å². The maximum absolute atomic E-state index is 12.7. The lowest BCUT2D eigenvalue weighted by Gasteiger charge is -2.12. The summed E-state index contributed by atoms with van der Waals surface area (Å²) in [7, 11) is 1.66. The molecule has 0 saturated heterocycles. The summed E-state index contributed by atoms with van der Waals surface area (Å²) in [6.07, 6.45) is 0. The van der Waals surface area contributed by atoms with E-state index in [2.05, 4.69) is 9.97 Å². The smallest absolute Gasteiger partial charge is 0.446 e. The molecule has 158 valence electrons. The molecule has 0 atom stereocenters. The van der Waals surface area contributed by atoms with Crippen molar-refractivity contribution in [2.45, 2.75) is 31.2 Å². The highest BCUT2D eigenvalue weighted by molar-refractivity contribution is 8.00. The molecule has 0 aliphatic heterocycles. The van der Waals surface area contributed by atoms with Gasteiger partial charge in [-0.25, -0.2) is 14.8 Å². The van der Waals surface area contributed by atoms with Crippen molar-refractivity contribution in [3.63, 3.8) is 0 Å². The van der Waals surface area contributed by atoms with Gasteiger partial charge in [0.1, 0.15) is 11.4 Å². The fourth-order valence-corrected chi connectivity index (χ4v) is 3.67. The molecule has 0 saturated carbocycles. The van der Waals surface area contributed by atoms with E-state index < -0.39 is 11.5 Å². The summed E-state index contributed by atoms with van der Waals surface area (Å²) in [5, 5.41) is 0. The molecule has 0 unspecified atom stereocenters. The largest absolute Gasteiger partial charge is 0.462 e. The van der Waals surface area contributed by atoms with Gasteiger partial charge < -0.3 is 9.30 Å². The van der Waals surface area contributed by atoms with Gasteiger partial charge in [-0.2, -0.15) is 13.2 Å². The second-order valence-corrected chi connectivity index (χ2v) is 7.66. The van der Waals surface area contributed by atoms with Crippen molar-refractivity contribution < 1.29 is 27.5 Å². The molecule has 0 spiro atoms. The first-order valence-corrected chi connectivity index (χ1v) is 9.75. The van der Waals surface area contributed by atoms with E-state index in [9.17, 15) is 22.8 Å². The van der Waals surface area contributed by atoms with Crippen LogP contribution in [-0.4, -0.2) is 38.4 Å². The summed E-state index contributed by atoms with van der Waals surface area (Å²) in [5.41, 5.74) is -2.61. The quantitative estimate of drug-likeness (QED) is 0.320. The molecule has 2 heterocycles. The van der Waals surface area contributed by atoms with Crippen molar-refractivity contribution in [2.24, 2.45) is 7.05 Å². The Labute approximate surface area is 174 Å². The first-order valence-electron chi connectivity index (χ1n) is 8.94. The molecule has 30 heavy (non-hydrogen) atoms. The van der Waals surface area contributed by atoms with Gasteiger partial charge in [0.15, 0.2) is 11.6 Å². The number of nitrogens with zero attached hydrogens (tertiary/aromatic N) is 3. The maximum atomic E-state index is 12.7. The van der Waals surface area contributed by atoms with Crippen LogP contribution in [0.25, 0.3) is 22.6 Å². The topological polar surface area (TPSA) is 74.1 Å². The minimum Gasteiger partial charge on any atom is -0.462 e.